The molecule has 0 saturated heterocycles. The number of nitrogens with zero attached hydrogens (tertiary/aromatic N) is 1. The number of carbonyl (C=O) groups is 2. The van der Waals surface area contributed by atoms with Gasteiger partial charge in [0.2, 0.25) is 0 Å². The zero-order chi connectivity index (χ0) is 26.4. The SMILES string of the molecule is CC(=O)OCCc1ccc(-c2ccc(-c3onc(C)c3NC(=O)O[C@H](C)c3ccccc3Cl)cc2)cc1. The molecule has 0 aliphatic heterocycles. The van der Waals surface area contributed by atoms with Crippen LogP contribution in [0, 0.1) is 6.92 Å². The fourth-order valence-corrected chi connectivity index (χ4v) is 4.15. The molecule has 4 aromatic rings. The lowest BCUT2D eigenvalue weighted by molar-refractivity contribution is -0.140. The Balaban J connectivity index is 1.43. The van der Waals surface area contributed by atoms with Gasteiger partial charge < -0.3 is 14.0 Å². The lowest BCUT2D eigenvalue weighted by atomic mass is 10.0. The van der Waals surface area contributed by atoms with Gasteiger partial charge in [-0.1, -0.05) is 83.5 Å². The van der Waals surface area contributed by atoms with Crippen molar-refractivity contribution >= 4 is 29.4 Å². The summed E-state index contributed by atoms with van der Waals surface area (Å²) in [6.07, 6.45) is -0.506. The molecule has 0 spiro atoms. The lowest BCUT2D eigenvalue weighted by Gasteiger charge is -2.15. The number of hydrogen-bond donors (Lipinski definition) is 1. The van der Waals surface area contributed by atoms with Gasteiger partial charge in [-0.15, -0.1) is 0 Å². The molecule has 37 heavy (non-hydrogen) atoms. The van der Waals surface area contributed by atoms with E-state index in [9.17, 15) is 9.59 Å². The lowest BCUT2D eigenvalue weighted by Crippen LogP contribution is -2.17. The summed E-state index contributed by atoms with van der Waals surface area (Å²) < 4.78 is 16.1. The van der Waals surface area contributed by atoms with E-state index in [0.29, 0.717) is 35.2 Å². The minimum Gasteiger partial charge on any atom is -0.466 e. The Labute approximate surface area is 220 Å². The van der Waals surface area contributed by atoms with E-state index in [0.717, 1.165) is 27.8 Å². The summed E-state index contributed by atoms with van der Waals surface area (Å²) in [6, 6.07) is 23.1. The molecule has 8 heteroatoms. The molecule has 7 nitrogen and oxygen atoms in total. The quantitative estimate of drug-likeness (QED) is 0.245. The third kappa shape index (κ3) is 6.57. The molecule has 0 aliphatic rings. The van der Waals surface area contributed by atoms with Crippen molar-refractivity contribution in [2.75, 3.05) is 11.9 Å². The molecule has 1 amide bonds. The Hall–Kier alpha value is -4.10. The molecule has 0 radical (unpaired) electrons. The number of anilines is 1. The fraction of sp³-hybridized carbons (Fsp3) is 0.207. The fourth-order valence-electron chi connectivity index (χ4n) is 3.86. The smallest absolute Gasteiger partial charge is 0.412 e. The molecular formula is C29H27ClN2O5. The van der Waals surface area contributed by atoms with Crippen LogP contribution < -0.4 is 5.32 Å². The predicted octanol–water partition coefficient (Wildman–Crippen LogP) is 7.39. The van der Waals surface area contributed by atoms with Gasteiger partial charge in [0.05, 0.1) is 6.61 Å². The van der Waals surface area contributed by atoms with Crippen molar-refractivity contribution < 1.29 is 23.6 Å². The molecule has 1 atom stereocenters. The first-order valence-corrected chi connectivity index (χ1v) is 12.2. The number of amides is 1. The number of carbonyl (C=O) groups excluding carboxylic acids is 2. The van der Waals surface area contributed by atoms with Crippen molar-refractivity contribution in [1.82, 2.24) is 5.16 Å². The normalized spacial score (nSPS) is 11.6. The van der Waals surface area contributed by atoms with Gasteiger partial charge in [0.15, 0.2) is 5.76 Å². The van der Waals surface area contributed by atoms with Gasteiger partial charge in [0, 0.05) is 29.5 Å². The summed E-state index contributed by atoms with van der Waals surface area (Å²) in [5, 5.41) is 7.32. The van der Waals surface area contributed by atoms with Gasteiger partial charge in [0.25, 0.3) is 0 Å². The van der Waals surface area contributed by atoms with Gasteiger partial charge in [-0.25, -0.2) is 4.79 Å². The summed E-state index contributed by atoms with van der Waals surface area (Å²) in [4.78, 5) is 23.6. The number of nitrogens with one attached hydrogen (secondary N) is 1. The first-order valence-electron chi connectivity index (χ1n) is 11.8. The standard InChI is InChI=1S/C29H27ClN2O5/c1-18-27(31-29(34)36-19(2)25-6-4-5-7-26(25)30)28(37-32-18)24-14-12-23(13-15-24)22-10-8-21(9-11-22)16-17-35-20(3)33/h4-15,19H,16-17H2,1-3H3,(H,31,34)/t19-/m1/s1. The molecule has 0 fully saturated rings. The van der Waals surface area contributed by atoms with Crippen LogP contribution in [-0.4, -0.2) is 23.8 Å². The Morgan fingerprint density at radius 3 is 2.24 bits per heavy atom. The van der Waals surface area contributed by atoms with Crippen molar-refractivity contribution in [2.45, 2.75) is 33.3 Å². The van der Waals surface area contributed by atoms with E-state index in [1.807, 2.05) is 66.7 Å². The molecule has 3 aromatic carbocycles. The average Bonchev–Trinajstić information content (AvgIpc) is 3.24. The third-order valence-corrected chi connectivity index (χ3v) is 6.19. The highest BCUT2D eigenvalue weighted by Crippen LogP contribution is 2.33. The van der Waals surface area contributed by atoms with Crippen LogP contribution in [0.1, 0.15) is 36.8 Å². The van der Waals surface area contributed by atoms with Crippen LogP contribution in [0.25, 0.3) is 22.5 Å². The number of ether oxygens (including phenoxy) is 2. The van der Waals surface area contributed by atoms with Crippen molar-refractivity contribution in [3.63, 3.8) is 0 Å². The molecule has 4 rings (SSSR count). The van der Waals surface area contributed by atoms with Crippen LogP contribution in [0.15, 0.2) is 77.3 Å². The van der Waals surface area contributed by atoms with E-state index in [1.54, 1.807) is 19.9 Å². The molecular weight excluding hydrogens is 492 g/mol. The van der Waals surface area contributed by atoms with Crippen LogP contribution in [0.3, 0.4) is 0 Å². The van der Waals surface area contributed by atoms with E-state index in [-0.39, 0.29) is 5.97 Å². The topological polar surface area (TPSA) is 90.7 Å². The zero-order valence-electron chi connectivity index (χ0n) is 20.8. The first-order chi connectivity index (χ1) is 17.8. The van der Waals surface area contributed by atoms with E-state index >= 15 is 0 Å². The highest BCUT2D eigenvalue weighted by Gasteiger charge is 2.20. The van der Waals surface area contributed by atoms with Crippen LogP contribution in [0.4, 0.5) is 10.5 Å². The predicted molar refractivity (Wildman–Crippen MR) is 142 cm³/mol. The van der Waals surface area contributed by atoms with Gasteiger partial charge in [-0.05, 0) is 36.6 Å². The second-order valence-electron chi connectivity index (χ2n) is 8.53. The van der Waals surface area contributed by atoms with Crippen molar-refractivity contribution in [2.24, 2.45) is 0 Å². The van der Waals surface area contributed by atoms with Crippen molar-refractivity contribution in [3.8, 4) is 22.5 Å². The zero-order valence-corrected chi connectivity index (χ0v) is 21.5. The minimum absolute atomic E-state index is 0.277. The van der Waals surface area contributed by atoms with Gasteiger partial charge >= 0.3 is 12.1 Å². The maximum Gasteiger partial charge on any atom is 0.412 e. The molecule has 1 N–H and O–H groups in total. The number of benzene rings is 3. The highest BCUT2D eigenvalue weighted by atomic mass is 35.5. The summed E-state index contributed by atoms with van der Waals surface area (Å²) in [7, 11) is 0. The minimum atomic E-state index is -0.634. The first kappa shape index (κ1) is 26.0. The van der Waals surface area contributed by atoms with Crippen molar-refractivity contribution in [3.05, 3.63) is 94.6 Å². The number of halogens is 1. The largest absolute Gasteiger partial charge is 0.466 e. The molecule has 0 unspecified atom stereocenters. The van der Waals surface area contributed by atoms with Crippen LogP contribution in [0.5, 0.6) is 0 Å². The van der Waals surface area contributed by atoms with Crippen LogP contribution in [0.2, 0.25) is 5.02 Å². The number of aromatic nitrogens is 1. The number of rotatable bonds is 8. The number of esters is 1. The van der Waals surface area contributed by atoms with Crippen LogP contribution in [-0.2, 0) is 20.7 Å². The van der Waals surface area contributed by atoms with Crippen LogP contribution >= 0.6 is 11.6 Å². The summed E-state index contributed by atoms with van der Waals surface area (Å²) in [6.45, 7) is 5.27. The number of aryl methyl sites for hydroxylation is 1. The van der Waals surface area contributed by atoms with E-state index in [2.05, 4.69) is 10.5 Å². The average molecular weight is 519 g/mol. The van der Waals surface area contributed by atoms with E-state index in [1.165, 1.54) is 6.92 Å². The highest BCUT2D eigenvalue weighted by molar-refractivity contribution is 6.31. The molecule has 0 aliphatic carbocycles. The van der Waals surface area contributed by atoms with Gasteiger partial charge in [-0.3, -0.25) is 10.1 Å². The summed E-state index contributed by atoms with van der Waals surface area (Å²) in [5.74, 6) is 0.160. The van der Waals surface area contributed by atoms with Gasteiger partial charge in [0.1, 0.15) is 17.5 Å². The molecule has 190 valence electrons. The summed E-state index contributed by atoms with van der Waals surface area (Å²) in [5.41, 5.74) is 5.62. The maximum atomic E-state index is 12.6. The molecule has 1 aromatic heterocycles. The van der Waals surface area contributed by atoms with Gasteiger partial charge in [-0.2, -0.15) is 0 Å². The summed E-state index contributed by atoms with van der Waals surface area (Å²) >= 11 is 6.22. The Morgan fingerprint density at radius 1 is 0.973 bits per heavy atom. The second kappa shape index (κ2) is 11.8. The van der Waals surface area contributed by atoms with E-state index < -0.39 is 12.2 Å². The Morgan fingerprint density at radius 2 is 1.59 bits per heavy atom. The third-order valence-electron chi connectivity index (χ3n) is 5.85. The number of hydrogen-bond acceptors (Lipinski definition) is 6. The maximum absolute atomic E-state index is 12.6. The van der Waals surface area contributed by atoms with E-state index in [4.69, 9.17) is 25.6 Å². The Kier molecular flexibility index (Phi) is 8.25. The van der Waals surface area contributed by atoms with Crippen molar-refractivity contribution in [1.29, 1.82) is 0 Å². The molecule has 1 heterocycles. The molecule has 0 saturated carbocycles. The molecule has 0 bridgehead atoms. The monoisotopic (exact) mass is 518 g/mol. The second-order valence-corrected chi connectivity index (χ2v) is 8.94. The Bertz CT molecular complexity index is 1380.